The van der Waals surface area contributed by atoms with Gasteiger partial charge in [-0.25, -0.2) is 8.42 Å². The predicted octanol–water partition coefficient (Wildman–Crippen LogP) is 1.92. The van der Waals surface area contributed by atoms with Gasteiger partial charge in [-0.1, -0.05) is 17.7 Å². The summed E-state index contributed by atoms with van der Waals surface area (Å²) in [6, 6.07) is 6.71. The summed E-state index contributed by atoms with van der Waals surface area (Å²) in [5, 5.41) is 10.1. The van der Waals surface area contributed by atoms with Crippen LogP contribution in [0.25, 0.3) is 0 Å². The van der Waals surface area contributed by atoms with Gasteiger partial charge in [0.1, 0.15) is 0 Å². The first kappa shape index (κ1) is 17.4. The summed E-state index contributed by atoms with van der Waals surface area (Å²) in [7, 11) is -3.53. The number of sulfone groups is 1. The van der Waals surface area contributed by atoms with E-state index >= 15 is 0 Å². The Morgan fingerprint density at radius 1 is 1.23 bits per heavy atom. The molecule has 6 heteroatoms. The minimum atomic E-state index is -3.53. The Bertz CT molecular complexity index is 585. The molecule has 124 valence electrons. The fourth-order valence-electron chi connectivity index (χ4n) is 2.67. The second-order valence-corrected chi connectivity index (χ2v) is 8.04. The van der Waals surface area contributed by atoms with Gasteiger partial charge < -0.3 is 14.6 Å². The minimum Gasteiger partial charge on any atom is -0.393 e. The van der Waals surface area contributed by atoms with E-state index < -0.39 is 27.6 Å². The molecule has 0 amide bonds. The van der Waals surface area contributed by atoms with Crippen molar-refractivity contribution < 1.29 is 23.0 Å². The first-order chi connectivity index (χ1) is 10.2. The van der Waals surface area contributed by atoms with Gasteiger partial charge in [-0.15, -0.1) is 0 Å². The zero-order valence-corrected chi connectivity index (χ0v) is 14.1. The molecular weight excluding hydrogens is 304 g/mol. The number of hydrogen-bond donors (Lipinski definition) is 1. The van der Waals surface area contributed by atoms with Crippen LogP contribution < -0.4 is 0 Å². The third-order valence-electron chi connectivity index (χ3n) is 4.10. The molecule has 1 aromatic carbocycles. The molecule has 1 aliphatic rings. The lowest BCUT2D eigenvalue weighted by Gasteiger charge is -2.41. The van der Waals surface area contributed by atoms with Crippen molar-refractivity contribution in [1.82, 2.24) is 0 Å². The van der Waals surface area contributed by atoms with Gasteiger partial charge in [0.05, 0.1) is 35.9 Å². The number of hydrogen-bond acceptors (Lipinski definition) is 5. The van der Waals surface area contributed by atoms with E-state index in [0.29, 0.717) is 13.2 Å². The van der Waals surface area contributed by atoms with Gasteiger partial charge in [0.15, 0.2) is 15.6 Å². The molecule has 1 saturated heterocycles. The van der Waals surface area contributed by atoms with Crippen LogP contribution in [0.3, 0.4) is 0 Å². The van der Waals surface area contributed by atoms with Gasteiger partial charge in [-0.05, 0) is 39.3 Å². The molecule has 0 aromatic heterocycles. The summed E-state index contributed by atoms with van der Waals surface area (Å²) in [6.45, 7) is 6.18. The molecule has 1 aliphatic heterocycles. The Morgan fingerprint density at radius 3 is 2.27 bits per heavy atom. The Hall–Kier alpha value is -0.950. The molecule has 0 unspecified atom stereocenters. The molecule has 2 rings (SSSR count). The second-order valence-electron chi connectivity index (χ2n) is 6.01. The lowest BCUT2D eigenvalue weighted by Crippen LogP contribution is -2.51. The lowest BCUT2D eigenvalue weighted by atomic mass is 9.96. The van der Waals surface area contributed by atoms with E-state index in [4.69, 9.17) is 9.47 Å². The van der Waals surface area contributed by atoms with Gasteiger partial charge in [0, 0.05) is 0 Å². The summed E-state index contributed by atoms with van der Waals surface area (Å²) in [5.74, 6) is -1.95. The highest BCUT2D eigenvalue weighted by atomic mass is 32.2. The molecule has 1 N–H and O–H groups in total. The van der Waals surface area contributed by atoms with Crippen LogP contribution in [0.2, 0.25) is 0 Å². The normalized spacial score (nSPS) is 21.3. The fraction of sp³-hybridized carbons (Fsp3) is 0.625. The van der Waals surface area contributed by atoms with Crippen LogP contribution in [-0.4, -0.2) is 44.4 Å². The van der Waals surface area contributed by atoms with Gasteiger partial charge >= 0.3 is 0 Å². The van der Waals surface area contributed by atoms with Crippen molar-refractivity contribution in [3.8, 4) is 0 Å². The maximum atomic E-state index is 12.6. The predicted molar refractivity (Wildman–Crippen MR) is 83.3 cm³/mol. The van der Waals surface area contributed by atoms with Gasteiger partial charge in [-0.2, -0.15) is 0 Å². The SMILES string of the molecule is Cc1ccc(S(=O)(=O)C[C@@H]([C@H](C)O)C2(C)OCCCO2)cc1. The first-order valence-electron chi connectivity index (χ1n) is 7.50. The molecule has 5 nitrogen and oxygen atoms in total. The number of rotatable bonds is 5. The fourth-order valence-corrected chi connectivity index (χ4v) is 4.47. The largest absolute Gasteiger partial charge is 0.393 e. The van der Waals surface area contributed by atoms with Crippen LogP contribution in [0.1, 0.15) is 25.8 Å². The van der Waals surface area contributed by atoms with Crippen molar-refractivity contribution in [3.05, 3.63) is 29.8 Å². The summed E-state index contributed by atoms with van der Waals surface area (Å²) in [6.07, 6.45) is -0.0874. The number of ether oxygens (including phenoxy) is 2. The molecule has 0 spiro atoms. The number of benzene rings is 1. The molecular formula is C16H24O5S. The van der Waals surface area contributed by atoms with E-state index in [1.807, 2.05) is 6.92 Å². The standard InChI is InChI=1S/C16H24O5S/c1-12-5-7-14(8-6-12)22(18,19)11-15(13(2)17)16(3)20-9-4-10-21-16/h5-8,13,15,17H,4,9-11H2,1-3H3/t13-,15-/m0/s1. The lowest BCUT2D eigenvalue weighted by molar-refractivity contribution is -0.290. The zero-order chi connectivity index (χ0) is 16.4. The monoisotopic (exact) mass is 328 g/mol. The van der Waals surface area contributed by atoms with E-state index in [9.17, 15) is 13.5 Å². The zero-order valence-electron chi connectivity index (χ0n) is 13.3. The highest BCUT2D eigenvalue weighted by Gasteiger charge is 2.43. The quantitative estimate of drug-likeness (QED) is 0.894. The van der Waals surface area contributed by atoms with Crippen LogP contribution in [0.5, 0.6) is 0 Å². The van der Waals surface area contributed by atoms with E-state index in [2.05, 4.69) is 0 Å². The highest BCUT2D eigenvalue weighted by molar-refractivity contribution is 7.91. The average molecular weight is 328 g/mol. The Kier molecular flexibility index (Phi) is 5.27. The maximum absolute atomic E-state index is 12.6. The molecule has 1 heterocycles. The van der Waals surface area contributed by atoms with Crippen molar-refractivity contribution in [3.63, 3.8) is 0 Å². The molecule has 2 atom stereocenters. The summed E-state index contributed by atoms with van der Waals surface area (Å²) in [4.78, 5) is 0.253. The molecule has 0 aliphatic carbocycles. The Labute approximate surface area is 132 Å². The van der Waals surface area contributed by atoms with Crippen LogP contribution in [0.15, 0.2) is 29.2 Å². The van der Waals surface area contributed by atoms with Gasteiger partial charge in [0.25, 0.3) is 0 Å². The number of aliphatic hydroxyl groups is 1. The van der Waals surface area contributed by atoms with E-state index in [-0.39, 0.29) is 10.6 Å². The van der Waals surface area contributed by atoms with Crippen molar-refractivity contribution in [2.24, 2.45) is 5.92 Å². The van der Waals surface area contributed by atoms with E-state index in [1.165, 1.54) is 0 Å². The van der Waals surface area contributed by atoms with E-state index in [1.54, 1.807) is 38.1 Å². The van der Waals surface area contributed by atoms with Crippen molar-refractivity contribution in [2.75, 3.05) is 19.0 Å². The topological polar surface area (TPSA) is 72.8 Å². The third-order valence-corrected chi connectivity index (χ3v) is 5.89. The summed E-state index contributed by atoms with van der Waals surface area (Å²) >= 11 is 0. The Balaban J connectivity index is 2.25. The molecule has 0 saturated carbocycles. The number of aryl methyl sites for hydroxylation is 1. The van der Waals surface area contributed by atoms with Crippen LogP contribution in [-0.2, 0) is 19.3 Å². The van der Waals surface area contributed by atoms with Crippen molar-refractivity contribution in [1.29, 1.82) is 0 Å². The average Bonchev–Trinajstić information content (AvgIpc) is 2.46. The number of aliphatic hydroxyl groups excluding tert-OH is 1. The smallest absolute Gasteiger partial charge is 0.178 e. The highest BCUT2D eigenvalue weighted by Crippen LogP contribution is 2.32. The molecule has 1 fully saturated rings. The summed E-state index contributed by atoms with van der Waals surface area (Å²) < 4.78 is 36.5. The minimum absolute atomic E-state index is 0.218. The summed E-state index contributed by atoms with van der Waals surface area (Å²) in [5.41, 5.74) is 0.997. The Morgan fingerprint density at radius 2 is 1.77 bits per heavy atom. The van der Waals surface area contributed by atoms with Gasteiger partial charge in [0.2, 0.25) is 0 Å². The first-order valence-corrected chi connectivity index (χ1v) is 9.15. The molecule has 0 radical (unpaired) electrons. The van der Waals surface area contributed by atoms with Crippen molar-refractivity contribution in [2.45, 2.75) is 44.0 Å². The van der Waals surface area contributed by atoms with Crippen LogP contribution in [0, 0.1) is 12.8 Å². The van der Waals surface area contributed by atoms with Gasteiger partial charge in [-0.3, -0.25) is 0 Å². The second kappa shape index (κ2) is 6.66. The third kappa shape index (κ3) is 3.87. The maximum Gasteiger partial charge on any atom is 0.178 e. The van der Waals surface area contributed by atoms with E-state index in [0.717, 1.165) is 12.0 Å². The molecule has 22 heavy (non-hydrogen) atoms. The van der Waals surface area contributed by atoms with Crippen LogP contribution >= 0.6 is 0 Å². The molecule has 1 aromatic rings. The van der Waals surface area contributed by atoms with Crippen molar-refractivity contribution >= 4 is 9.84 Å². The molecule has 0 bridgehead atoms. The van der Waals surface area contributed by atoms with Crippen LogP contribution in [0.4, 0.5) is 0 Å².